The lowest BCUT2D eigenvalue weighted by Crippen LogP contribution is -2.16. The lowest BCUT2D eigenvalue weighted by Gasteiger charge is -2.09. The third kappa shape index (κ3) is 3.15. The summed E-state index contributed by atoms with van der Waals surface area (Å²) in [5, 5.41) is 0.596. The molecule has 104 valence electrons. The number of alkyl halides is 3. The normalized spacial score (nSPS) is 12.3. The summed E-state index contributed by atoms with van der Waals surface area (Å²) >= 11 is 11.8. The number of hydrogen-bond acceptors (Lipinski definition) is 1. The van der Waals surface area contributed by atoms with E-state index in [1.54, 1.807) is 10.6 Å². The van der Waals surface area contributed by atoms with Crippen LogP contribution in [0.2, 0.25) is 10.0 Å². The average molecular weight is 311 g/mol. The standard InChI is InChI=1S/C12H11Cl2F3N2/c1-2-3-19-10-5-8(14)7(13)4-9(10)18-11(19)6-12(15,16)17/h4-5H,2-3,6H2,1H3. The largest absolute Gasteiger partial charge is 0.396 e. The molecule has 1 heterocycles. The van der Waals surface area contributed by atoms with Crippen LogP contribution in [0.25, 0.3) is 11.0 Å². The Morgan fingerprint density at radius 1 is 1.21 bits per heavy atom. The first-order valence-corrected chi connectivity index (χ1v) is 6.48. The number of aryl methyl sites for hydroxylation is 1. The van der Waals surface area contributed by atoms with E-state index < -0.39 is 12.6 Å². The first-order chi connectivity index (χ1) is 8.81. The van der Waals surface area contributed by atoms with Gasteiger partial charge in [0.25, 0.3) is 0 Å². The van der Waals surface area contributed by atoms with Crippen molar-refractivity contribution in [3.8, 4) is 0 Å². The van der Waals surface area contributed by atoms with Gasteiger partial charge in [0.2, 0.25) is 0 Å². The van der Waals surface area contributed by atoms with Crippen LogP contribution in [0.5, 0.6) is 0 Å². The van der Waals surface area contributed by atoms with Crippen LogP contribution in [-0.4, -0.2) is 15.7 Å². The number of hydrogen-bond donors (Lipinski definition) is 0. The van der Waals surface area contributed by atoms with Crippen molar-refractivity contribution in [3.63, 3.8) is 0 Å². The van der Waals surface area contributed by atoms with E-state index in [9.17, 15) is 13.2 Å². The van der Waals surface area contributed by atoms with Crippen molar-refractivity contribution in [1.29, 1.82) is 0 Å². The average Bonchev–Trinajstić information content (AvgIpc) is 2.56. The van der Waals surface area contributed by atoms with Gasteiger partial charge >= 0.3 is 6.18 Å². The number of aromatic nitrogens is 2. The Bertz CT molecular complexity index is 605. The van der Waals surface area contributed by atoms with E-state index in [4.69, 9.17) is 23.2 Å². The molecule has 1 aromatic heterocycles. The van der Waals surface area contributed by atoms with Crippen molar-refractivity contribution in [2.45, 2.75) is 32.5 Å². The predicted molar refractivity (Wildman–Crippen MR) is 69.8 cm³/mol. The van der Waals surface area contributed by atoms with Gasteiger partial charge in [0.15, 0.2) is 0 Å². The Balaban J connectivity index is 2.59. The third-order valence-electron chi connectivity index (χ3n) is 2.68. The van der Waals surface area contributed by atoms with Gasteiger partial charge in [-0.05, 0) is 18.6 Å². The molecular formula is C12H11Cl2F3N2. The van der Waals surface area contributed by atoms with Gasteiger partial charge in [-0.25, -0.2) is 4.98 Å². The first-order valence-electron chi connectivity index (χ1n) is 5.72. The molecule has 0 aliphatic rings. The summed E-state index contributed by atoms with van der Waals surface area (Å²) in [5.74, 6) is -0.0114. The minimum atomic E-state index is -4.29. The minimum absolute atomic E-state index is 0.0114. The molecule has 2 aromatic rings. The number of fused-ring (bicyclic) bond motifs is 1. The van der Waals surface area contributed by atoms with Crippen molar-refractivity contribution in [2.24, 2.45) is 0 Å². The Labute approximate surface area is 118 Å². The Kier molecular flexibility index (Phi) is 3.97. The number of imidazole rings is 1. The van der Waals surface area contributed by atoms with Crippen LogP contribution in [0.4, 0.5) is 13.2 Å². The van der Waals surface area contributed by atoms with E-state index in [1.165, 1.54) is 6.07 Å². The van der Waals surface area contributed by atoms with Gasteiger partial charge in [0, 0.05) is 6.54 Å². The Morgan fingerprint density at radius 2 is 1.84 bits per heavy atom. The quantitative estimate of drug-likeness (QED) is 0.791. The molecule has 0 bridgehead atoms. The second kappa shape index (κ2) is 5.21. The molecule has 19 heavy (non-hydrogen) atoms. The van der Waals surface area contributed by atoms with Gasteiger partial charge < -0.3 is 4.57 Å². The molecule has 0 unspecified atom stereocenters. The SMILES string of the molecule is CCCn1c(CC(F)(F)F)nc2cc(Cl)c(Cl)cc21. The Hall–Kier alpha value is -0.940. The van der Waals surface area contributed by atoms with Crippen LogP contribution in [0.15, 0.2) is 12.1 Å². The fourth-order valence-electron chi connectivity index (χ4n) is 1.96. The number of benzene rings is 1. The van der Waals surface area contributed by atoms with E-state index >= 15 is 0 Å². The summed E-state index contributed by atoms with van der Waals surface area (Å²) in [7, 11) is 0. The highest BCUT2D eigenvalue weighted by molar-refractivity contribution is 6.42. The molecule has 0 spiro atoms. The molecule has 0 saturated carbocycles. The summed E-state index contributed by atoms with van der Waals surface area (Å²) < 4.78 is 39.2. The van der Waals surface area contributed by atoms with Crippen LogP contribution >= 0.6 is 23.2 Å². The maximum absolute atomic E-state index is 12.5. The molecular weight excluding hydrogens is 300 g/mol. The van der Waals surface area contributed by atoms with Crippen molar-refractivity contribution >= 4 is 34.2 Å². The highest BCUT2D eigenvalue weighted by Gasteiger charge is 2.31. The van der Waals surface area contributed by atoms with E-state index in [2.05, 4.69) is 4.98 Å². The zero-order chi connectivity index (χ0) is 14.2. The van der Waals surface area contributed by atoms with Crippen LogP contribution in [0.1, 0.15) is 19.2 Å². The van der Waals surface area contributed by atoms with Gasteiger partial charge in [0.1, 0.15) is 12.2 Å². The van der Waals surface area contributed by atoms with Crippen molar-refractivity contribution in [2.75, 3.05) is 0 Å². The molecule has 0 amide bonds. The van der Waals surface area contributed by atoms with E-state index in [0.717, 1.165) is 0 Å². The maximum atomic E-state index is 12.5. The smallest absolute Gasteiger partial charge is 0.328 e. The number of rotatable bonds is 3. The van der Waals surface area contributed by atoms with Gasteiger partial charge in [-0.1, -0.05) is 30.1 Å². The van der Waals surface area contributed by atoms with Gasteiger partial charge in [-0.2, -0.15) is 13.2 Å². The molecule has 0 fully saturated rings. The van der Waals surface area contributed by atoms with Crippen molar-refractivity contribution in [1.82, 2.24) is 9.55 Å². The van der Waals surface area contributed by atoms with Gasteiger partial charge in [0.05, 0.1) is 21.1 Å². The molecule has 7 heteroatoms. The highest BCUT2D eigenvalue weighted by atomic mass is 35.5. The maximum Gasteiger partial charge on any atom is 0.396 e. The summed E-state index contributed by atoms with van der Waals surface area (Å²) in [6, 6.07) is 3.05. The minimum Gasteiger partial charge on any atom is -0.328 e. The molecule has 0 radical (unpaired) electrons. The molecule has 2 rings (SSSR count). The predicted octanol–water partition coefficient (Wildman–Crippen LogP) is 4.86. The topological polar surface area (TPSA) is 17.8 Å². The third-order valence-corrected chi connectivity index (χ3v) is 3.40. The lowest BCUT2D eigenvalue weighted by atomic mass is 10.3. The summed E-state index contributed by atoms with van der Waals surface area (Å²) in [6.07, 6.45) is -4.64. The Morgan fingerprint density at radius 3 is 2.42 bits per heavy atom. The summed E-state index contributed by atoms with van der Waals surface area (Å²) in [6.45, 7) is 2.35. The summed E-state index contributed by atoms with van der Waals surface area (Å²) in [4.78, 5) is 4.02. The summed E-state index contributed by atoms with van der Waals surface area (Å²) in [5.41, 5.74) is 1.01. The molecule has 0 N–H and O–H groups in total. The zero-order valence-corrected chi connectivity index (χ0v) is 11.6. The van der Waals surface area contributed by atoms with E-state index in [-0.39, 0.29) is 10.8 Å². The monoisotopic (exact) mass is 310 g/mol. The second-order valence-corrected chi connectivity index (χ2v) is 5.04. The molecule has 0 saturated heterocycles. The second-order valence-electron chi connectivity index (χ2n) is 4.23. The highest BCUT2D eigenvalue weighted by Crippen LogP contribution is 2.30. The number of nitrogens with zero attached hydrogens (tertiary/aromatic N) is 2. The molecule has 1 aromatic carbocycles. The van der Waals surface area contributed by atoms with Crippen LogP contribution in [-0.2, 0) is 13.0 Å². The van der Waals surface area contributed by atoms with Crippen LogP contribution in [0.3, 0.4) is 0 Å². The van der Waals surface area contributed by atoms with Gasteiger partial charge in [-0.3, -0.25) is 0 Å². The van der Waals surface area contributed by atoms with Crippen molar-refractivity contribution < 1.29 is 13.2 Å². The molecule has 0 atom stereocenters. The molecule has 0 aliphatic heterocycles. The van der Waals surface area contributed by atoms with E-state index in [0.29, 0.717) is 29.0 Å². The van der Waals surface area contributed by atoms with Gasteiger partial charge in [-0.15, -0.1) is 0 Å². The van der Waals surface area contributed by atoms with E-state index in [1.807, 2.05) is 6.92 Å². The lowest BCUT2D eigenvalue weighted by molar-refractivity contribution is -0.128. The zero-order valence-electron chi connectivity index (χ0n) is 10.1. The molecule has 0 aliphatic carbocycles. The first kappa shape index (κ1) is 14.5. The van der Waals surface area contributed by atoms with Crippen LogP contribution < -0.4 is 0 Å². The van der Waals surface area contributed by atoms with Crippen molar-refractivity contribution in [3.05, 3.63) is 28.0 Å². The molecule has 2 nitrogen and oxygen atoms in total. The number of halogens is 5. The fourth-order valence-corrected chi connectivity index (χ4v) is 2.27. The van der Waals surface area contributed by atoms with Crippen LogP contribution in [0, 0.1) is 0 Å². The fraction of sp³-hybridized carbons (Fsp3) is 0.417.